The lowest BCUT2D eigenvalue weighted by atomic mass is 10.1. The van der Waals surface area contributed by atoms with Gasteiger partial charge in [0.25, 0.3) is 0 Å². The van der Waals surface area contributed by atoms with Gasteiger partial charge < -0.3 is 25.4 Å². The number of β-amino-alcohol motifs (C(OH)–C–C–N with tert-alkyl or cyclic N) is 1. The normalized spacial score (nSPS) is 17.6. The third kappa shape index (κ3) is 3.33. The number of hydrogen-bond acceptors (Lipinski definition) is 7. The fourth-order valence-electron chi connectivity index (χ4n) is 3.32. The average molecular weight is 354 g/mol. The number of pyridine rings is 1. The molecule has 1 fully saturated rings. The van der Waals surface area contributed by atoms with Crippen LogP contribution in [0.5, 0.6) is 0 Å². The predicted octanol–water partition coefficient (Wildman–Crippen LogP) is 1.39. The molecule has 1 aliphatic rings. The minimum Gasteiger partial charge on any atom is -0.395 e. The van der Waals surface area contributed by atoms with Crippen LogP contribution < -0.4 is 10.2 Å². The Balaban J connectivity index is 1.72. The summed E-state index contributed by atoms with van der Waals surface area (Å²) in [5.41, 5.74) is 1.61. The molecule has 3 aromatic rings. The SMILES string of the molecule is OCCNc1cc(-c2nccc(N3CCCC(O)C3)n2)c2cc[nH]c2n1. The second-order valence-corrected chi connectivity index (χ2v) is 6.43. The van der Waals surface area contributed by atoms with E-state index in [0.29, 0.717) is 24.7 Å². The smallest absolute Gasteiger partial charge is 0.162 e. The highest BCUT2D eigenvalue weighted by Gasteiger charge is 2.20. The number of aromatic nitrogens is 4. The zero-order chi connectivity index (χ0) is 17.9. The topological polar surface area (TPSA) is 110 Å². The summed E-state index contributed by atoms with van der Waals surface area (Å²) in [4.78, 5) is 18.9. The Kier molecular flexibility index (Phi) is 4.68. The molecule has 1 aliphatic heterocycles. The van der Waals surface area contributed by atoms with Crippen LogP contribution in [-0.4, -0.2) is 62.5 Å². The molecule has 0 radical (unpaired) electrons. The lowest BCUT2D eigenvalue weighted by Gasteiger charge is -2.31. The molecule has 8 heteroatoms. The number of piperidine rings is 1. The van der Waals surface area contributed by atoms with Crippen LogP contribution >= 0.6 is 0 Å². The number of fused-ring (bicyclic) bond motifs is 1. The van der Waals surface area contributed by atoms with Crippen molar-refractivity contribution in [2.24, 2.45) is 0 Å². The van der Waals surface area contributed by atoms with Crippen molar-refractivity contribution in [3.8, 4) is 11.4 Å². The van der Waals surface area contributed by atoms with E-state index in [4.69, 9.17) is 10.1 Å². The van der Waals surface area contributed by atoms with E-state index in [1.165, 1.54) is 0 Å². The number of aromatic amines is 1. The Morgan fingerprint density at radius 1 is 1.31 bits per heavy atom. The molecule has 1 atom stereocenters. The molecule has 1 saturated heterocycles. The lowest BCUT2D eigenvalue weighted by Crippen LogP contribution is -2.38. The summed E-state index contributed by atoms with van der Waals surface area (Å²) in [5.74, 6) is 2.09. The highest BCUT2D eigenvalue weighted by Crippen LogP contribution is 2.29. The quantitative estimate of drug-likeness (QED) is 0.548. The van der Waals surface area contributed by atoms with E-state index in [2.05, 4.69) is 25.2 Å². The molecule has 4 heterocycles. The van der Waals surface area contributed by atoms with Gasteiger partial charge in [-0.1, -0.05) is 0 Å². The average Bonchev–Trinajstić information content (AvgIpc) is 3.14. The van der Waals surface area contributed by atoms with Crippen molar-refractivity contribution in [3.05, 3.63) is 30.6 Å². The van der Waals surface area contributed by atoms with Crippen LogP contribution in [0.4, 0.5) is 11.6 Å². The first-order valence-electron chi connectivity index (χ1n) is 8.84. The Bertz CT molecular complexity index is 896. The number of aliphatic hydroxyl groups excluding tert-OH is 2. The van der Waals surface area contributed by atoms with Crippen LogP contribution in [-0.2, 0) is 0 Å². The molecule has 0 aromatic carbocycles. The third-order valence-corrected chi connectivity index (χ3v) is 4.55. The standard InChI is InChI=1S/C18H22N6O2/c25-9-7-19-15-10-14(13-3-5-20-17(13)22-15)18-21-6-4-16(23-18)24-8-1-2-12(26)11-24/h3-6,10,12,25-26H,1-2,7-9,11H2,(H2,19,20,22). The fourth-order valence-corrected chi connectivity index (χ4v) is 3.32. The highest BCUT2D eigenvalue weighted by atomic mass is 16.3. The number of hydrogen-bond donors (Lipinski definition) is 4. The van der Waals surface area contributed by atoms with Crippen molar-refractivity contribution >= 4 is 22.7 Å². The Morgan fingerprint density at radius 3 is 3.08 bits per heavy atom. The number of rotatable bonds is 5. The van der Waals surface area contributed by atoms with Gasteiger partial charge in [0.1, 0.15) is 17.3 Å². The van der Waals surface area contributed by atoms with Gasteiger partial charge in [-0.05, 0) is 31.0 Å². The highest BCUT2D eigenvalue weighted by molar-refractivity contribution is 5.93. The summed E-state index contributed by atoms with van der Waals surface area (Å²) >= 11 is 0. The summed E-state index contributed by atoms with van der Waals surface area (Å²) in [7, 11) is 0. The number of aliphatic hydroxyl groups is 2. The molecule has 4 rings (SSSR count). The summed E-state index contributed by atoms with van der Waals surface area (Å²) in [6.07, 6.45) is 5.06. The Morgan fingerprint density at radius 2 is 2.23 bits per heavy atom. The maximum absolute atomic E-state index is 9.93. The first-order valence-corrected chi connectivity index (χ1v) is 8.84. The van der Waals surface area contributed by atoms with Crippen molar-refractivity contribution in [3.63, 3.8) is 0 Å². The summed E-state index contributed by atoms with van der Waals surface area (Å²) in [6, 6.07) is 5.73. The minimum absolute atomic E-state index is 0.0308. The van der Waals surface area contributed by atoms with Gasteiger partial charge in [-0.2, -0.15) is 0 Å². The van der Waals surface area contributed by atoms with E-state index in [1.807, 2.05) is 24.4 Å². The van der Waals surface area contributed by atoms with Gasteiger partial charge >= 0.3 is 0 Å². The first kappa shape index (κ1) is 16.7. The molecular formula is C18H22N6O2. The maximum atomic E-state index is 9.93. The molecular weight excluding hydrogens is 332 g/mol. The van der Waals surface area contributed by atoms with Gasteiger partial charge in [0, 0.05) is 43.0 Å². The second kappa shape index (κ2) is 7.27. The van der Waals surface area contributed by atoms with Crippen LogP contribution in [0.25, 0.3) is 22.4 Å². The summed E-state index contributed by atoms with van der Waals surface area (Å²) in [6.45, 7) is 1.93. The summed E-state index contributed by atoms with van der Waals surface area (Å²) in [5, 5.41) is 23.0. The van der Waals surface area contributed by atoms with Crippen molar-refractivity contribution in [1.82, 2.24) is 19.9 Å². The molecule has 1 unspecified atom stereocenters. The van der Waals surface area contributed by atoms with Crippen LogP contribution in [0.15, 0.2) is 30.6 Å². The van der Waals surface area contributed by atoms with E-state index in [9.17, 15) is 5.11 Å². The van der Waals surface area contributed by atoms with Crippen LogP contribution in [0.1, 0.15) is 12.8 Å². The van der Waals surface area contributed by atoms with Crippen LogP contribution in [0.2, 0.25) is 0 Å². The summed E-state index contributed by atoms with van der Waals surface area (Å²) < 4.78 is 0. The van der Waals surface area contributed by atoms with Gasteiger partial charge in [-0.25, -0.2) is 15.0 Å². The molecule has 8 nitrogen and oxygen atoms in total. The lowest BCUT2D eigenvalue weighted by molar-refractivity contribution is 0.154. The molecule has 0 spiro atoms. The van der Waals surface area contributed by atoms with E-state index in [1.54, 1.807) is 6.20 Å². The molecule has 0 amide bonds. The predicted molar refractivity (Wildman–Crippen MR) is 100 cm³/mol. The third-order valence-electron chi connectivity index (χ3n) is 4.55. The Labute approximate surface area is 150 Å². The van der Waals surface area contributed by atoms with E-state index < -0.39 is 0 Å². The first-order chi connectivity index (χ1) is 12.7. The van der Waals surface area contributed by atoms with E-state index >= 15 is 0 Å². The van der Waals surface area contributed by atoms with E-state index in [0.717, 1.165) is 41.8 Å². The molecule has 0 bridgehead atoms. The monoisotopic (exact) mass is 354 g/mol. The fraction of sp³-hybridized carbons (Fsp3) is 0.389. The molecule has 0 aliphatic carbocycles. The zero-order valence-corrected chi connectivity index (χ0v) is 14.4. The second-order valence-electron chi connectivity index (χ2n) is 6.43. The molecule has 4 N–H and O–H groups in total. The van der Waals surface area contributed by atoms with Gasteiger partial charge in [-0.3, -0.25) is 0 Å². The molecule has 136 valence electrons. The number of anilines is 2. The Hall–Kier alpha value is -2.71. The molecule has 26 heavy (non-hydrogen) atoms. The zero-order valence-electron chi connectivity index (χ0n) is 14.4. The van der Waals surface area contributed by atoms with Gasteiger partial charge in [0.05, 0.1) is 12.7 Å². The maximum Gasteiger partial charge on any atom is 0.162 e. The largest absolute Gasteiger partial charge is 0.395 e. The molecule has 0 saturated carbocycles. The van der Waals surface area contributed by atoms with Gasteiger partial charge in [0.15, 0.2) is 5.82 Å². The number of H-pyrrole nitrogens is 1. The van der Waals surface area contributed by atoms with Crippen molar-refractivity contribution in [1.29, 1.82) is 0 Å². The van der Waals surface area contributed by atoms with Crippen molar-refractivity contribution < 1.29 is 10.2 Å². The van der Waals surface area contributed by atoms with Crippen molar-refractivity contribution in [2.45, 2.75) is 18.9 Å². The number of nitrogens with zero attached hydrogens (tertiary/aromatic N) is 4. The van der Waals surface area contributed by atoms with Crippen LogP contribution in [0.3, 0.4) is 0 Å². The van der Waals surface area contributed by atoms with E-state index in [-0.39, 0.29) is 12.7 Å². The van der Waals surface area contributed by atoms with Gasteiger partial charge in [-0.15, -0.1) is 0 Å². The van der Waals surface area contributed by atoms with Gasteiger partial charge in [0.2, 0.25) is 0 Å². The minimum atomic E-state index is -0.311. The van der Waals surface area contributed by atoms with Crippen molar-refractivity contribution in [2.75, 3.05) is 36.5 Å². The number of nitrogens with one attached hydrogen (secondary N) is 2. The van der Waals surface area contributed by atoms with Crippen LogP contribution in [0, 0.1) is 0 Å². The molecule has 3 aromatic heterocycles.